The normalized spacial score (nSPS) is 20.1. The number of para-hydroxylation sites is 1. The van der Waals surface area contributed by atoms with Crippen molar-refractivity contribution in [3.05, 3.63) is 59.3 Å². The quantitative estimate of drug-likeness (QED) is 0.415. The Morgan fingerprint density at radius 1 is 1.02 bits per heavy atom. The highest BCUT2D eigenvalue weighted by Crippen LogP contribution is 2.30. The molecule has 1 fully saturated rings. The summed E-state index contributed by atoms with van der Waals surface area (Å²) in [5.74, 6) is -0.0303. The second-order valence-corrected chi connectivity index (χ2v) is 13.1. The van der Waals surface area contributed by atoms with E-state index in [9.17, 15) is 14.4 Å². The number of aromatic amines is 1. The van der Waals surface area contributed by atoms with Crippen LogP contribution in [0.25, 0.3) is 10.9 Å². The van der Waals surface area contributed by atoms with Crippen LogP contribution in [-0.2, 0) is 24.3 Å². The Labute approximate surface area is 246 Å². The highest BCUT2D eigenvalue weighted by atomic mass is 16.2. The summed E-state index contributed by atoms with van der Waals surface area (Å²) < 4.78 is 0. The number of benzene rings is 2. The first kappa shape index (κ1) is 28.1. The number of piperidine rings is 1. The number of H-pyrrole nitrogens is 1. The Kier molecular flexibility index (Phi) is 7.55. The monoisotopic (exact) mass is 571 g/mol. The number of aryl methyl sites for hydroxylation is 1. The van der Waals surface area contributed by atoms with E-state index in [4.69, 9.17) is 0 Å². The molecule has 1 aromatic heterocycles. The average Bonchev–Trinajstić information content (AvgIpc) is 3.45. The van der Waals surface area contributed by atoms with Crippen LogP contribution in [0.3, 0.4) is 0 Å². The van der Waals surface area contributed by atoms with Gasteiger partial charge in [-0.05, 0) is 66.3 Å². The lowest BCUT2D eigenvalue weighted by atomic mass is 9.90. The van der Waals surface area contributed by atoms with Crippen molar-refractivity contribution in [2.45, 2.75) is 78.0 Å². The van der Waals surface area contributed by atoms with Crippen LogP contribution in [-0.4, -0.2) is 74.6 Å². The van der Waals surface area contributed by atoms with Crippen LogP contribution in [0.5, 0.6) is 0 Å². The zero-order chi connectivity index (χ0) is 29.4. The summed E-state index contributed by atoms with van der Waals surface area (Å²) in [5.41, 5.74) is 5.35. The third kappa shape index (κ3) is 5.80. The second-order valence-electron chi connectivity index (χ2n) is 13.1. The molecule has 10 heteroatoms. The van der Waals surface area contributed by atoms with Gasteiger partial charge >= 0.3 is 12.1 Å². The number of urea groups is 2. The lowest BCUT2D eigenvalue weighted by Gasteiger charge is -2.41. The van der Waals surface area contributed by atoms with E-state index in [1.165, 1.54) is 5.56 Å². The van der Waals surface area contributed by atoms with E-state index < -0.39 is 6.04 Å². The van der Waals surface area contributed by atoms with Crippen molar-refractivity contribution >= 4 is 34.6 Å². The lowest BCUT2D eigenvalue weighted by molar-refractivity contribution is -0.134. The van der Waals surface area contributed by atoms with Gasteiger partial charge in [0.25, 0.3) is 0 Å². The molecular formula is C32H41N7O3. The molecule has 3 aliphatic heterocycles. The van der Waals surface area contributed by atoms with Crippen molar-refractivity contribution in [3.63, 3.8) is 0 Å². The largest absolute Gasteiger partial charge is 0.337 e. The molecule has 3 aliphatic rings. The number of rotatable bonds is 4. The smallest absolute Gasteiger partial charge is 0.322 e. The van der Waals surface area contributed by atoms with Gasteiger partial charge in [0.05, 0.1) is 11.7 Å². The van der Waals surface area contributed by atoms with Gasteiger partial charge in [0.1, 0.15) is 6.04 Å². The topological polar surface area (TPSA) is 114 Å². The molecule has 6 rings (SSSR count). The van der Waals surface area contributed by atoms with E-state index >= 15 is 0 Å². The molecule has 42 heavy (non-hydrogen) atoms. The van der Waals surface area contributed by atoms with Gasteiger partial charge in [0.2, 0.25) is 5.91 Å². The maximum absolute atomic E-state index is 13.9. The van der Waals surface area contributed by atoms with E-state index in [1.807, 2.05) is 46.3 Å². The minimum Gasteiger partial charge on any atom is -0.337 e. The van der Waals surface area contributed by atoms with Gasteiger partial charge in [-0.3, -0.25) is 9.89 Å². The predicted molar refractivity (Wildman–Crippen MR) is 162 cm³/mol. The number of likely N-dealkylation sites (tertiary alicyclic amines) is 1. The number of hydrogen-bond donors (Lipinski definition) is 3. The molecule has 10 nitrogen and oxygen atoms in total. The van der Waals surface area contributed by atoms with Crippen molar-refractivity contribution in [2.24, 2.45) is 5.41 Å². The SMILES string of the molecule is CC(C)(C)CCN1Cc2c(ccc3[nH]ncc23)CC[C@@H](NC(=O)N2CCC(N3Cc4ccccc4NC3=O)CC2)C1=O. The maximum atomic E-state index is 13.9. The number of nitrogens with one attached hydrogen (secondary N) is 3. The summed E-state index contributed by atoms with van der Waals surface area (Å²) in [6.07, 6.45) is 5.35. The van der Waals surface area contributed by atoms with Gasteiger partial charge in [0.15, 0.2) is 0 Å². The van der Waals surface area contributed by atoms with Crippen LogP contribution < -0.4 is 10.6 Å². The standard InChI is InChI=1S/C32H41N7O3/c1-32(2,3)14-17-38-20-25-21(8-10-27-24(25)18-33-36-27)9-11-28(29(38)40)35-30(41)37-15-12-23(13-16-37)39-19-22-6-4-5-7-26(22)34-31(39)42/h4-8,10,18,23,28H,9,11-17,19-20H2,1-3H3,(H,33,36)(H,34,42)(H,35,41)/t28-/m1/s1. The molecule has 0 saturated carbocycles. The Bertz CT molecular complexity index is 1480. The van der Waals surface area contributed by atoms with E-state index in [1.54, 1.807) is 4.90 Å². The van der Waals surface area contributed by atoms with Crippen molar-refractivity contribution in [2.75, 3.05) is 25.0 Å². The van der Waals surface area contributed by atoms with Crippen LogP contribution in [0.2, 0.25) is 0 Å². The first-order chi connectivity index (χ1) is 20.2. The maximum Gasteiger partial charge on any atom is 0.322 e. The molecule has 0 spiro atoms. The molecule has 1 saturated heterocycles. The number of aromatic nitrogens is 2. The highest BCUT2D eigenvalue weighted by Gasteiger charge is 2.35. The molecule has 0 aliphatic carbocycles. The van der Waals surface area contributed by atoms with E-state index in [0.29, 0.717) is 58.4 Å². The molecular weight excluding hydrogens is 530 g/mol. The molecule has 4 heterocycles. The first-order valence-corrected chi connectivity index (χ1v) is 15.1. The van der Waals surface area contributed by atoms with Crippen LogP contribution in [0.4, 0.5) is 15.3 Å². The van der Waals surface area contributed by atoms with Gasteiger partial charge in [-0.2, -0.15) is 5.10 Å². The van der Waals surface area contributed by atoms with Crippen molar-refractivity contribution in [1.82, 2.24) is 30.2 Å². The van der Waals surface area contributed by atoms with E-state index in [2.05, 4.69) is 47.7 Å². The molecule has 2 aromatic carbocycles. The number of hydrogen-bond acceptors (Lipinski definition) is 4. The third-order valence-electron chi connectivity index (χ3n) is 8.98. The first-order valence-electron chi connectivity index (χ1n) is 15.1. The predicted octanol–water partition coefficient (Wildman–Crippen LogP) is 4.86. The minimum absolute atomic E-state index is 0.0303. The van der Waals surface area contributed by atoms with Gasteiger partial charge in [-0.15, -0.1) is 0 Å². The summed E-state index contributed by atoms with van der Waals surface area (Å²) >= 11 is 0. The fourth-order valence-electron chi connectivity index (χ4n) is 6.39. The molecule has 0 bridgehead atoms. The fourth-order valence-corrected chi connectivity index (χ4v) is 6.39. The van der Waals surface area contributed by atoms with Gasteiger partial charge < -0.3 is 25.3 Å². The van der Waals surface area contributed by atoms with Crippen LogP contribution in [0.15, 0.2) is 42.6 Å². The van der Waals surface area contributed by atoms with Crippen molar-refractivity contribution in [1.29, 1.82) is 0 Å². The average molecular weight is 572 g/mol. The zero-order valence-corrected chi connectivity index (χ0v) is 24.8. The van der Waals surface area contributed by atoms with Gasteiger partial charge in [-0.25, -0.2) is 9.59 Å². The van der Waals surface area contributed by atoms with E-state index in [-0.39, 0.29) is 29.4 Å². The number of amides is 5. The molecule has 0 radical (unpaired) electrons. The number of carbonyl (C=O) groups excluding carboxylic acids is 3. The third-order valence-corrected chi connectivity index (χ3v) is 8.98. The van der Waals surface area contributed by atoms with Crippen molar-refractivity contribution in [3.8, 4) is 0 Å². The van der Waals surface area contributed by atoms with Gasteiger partial charge in [-0.1, -0.05) is 45.0 Å². The molecule has 222 valence electrons. The Balaban J connectivity index is 1.12. The number of anilines is 1. The van der Waals surface area contributed by atoms with Crippen LogP contribution >= 0.6 is 0 Å². The number of nitrogens with zero attached hydrogens (tertiary/aromatic N) is 4. The summed E-state index contributed by atoms with van der Waals surface area (Å²) in [7, 11) is 0. The summed E-state index contributed by atoms with van der Waals surface area (Å²) in [4.78, 5) is 45.8. The molecule has 1 atom stereocenters. The summed E-state index contributed by atoms with van der Waals surface area (Å²) in [6, 6.07) is 11.2. The summed E-state index contributed by atoms with van der Waals surface area (Å²) in [6.45, 7) is 9.31. The fraction of sp³-hybridized carbons (Fsp3) is 0.500. The van der Waals surface area contributed by atoms with Crippen LogP contribution in [0, 0.1) is 5.41 Å². The zero-order valence-electron chi connectivity index (χ0n) is 24.8. The lowest BCUT2D eigenvalue weighted by Crippen LogP contribution is -2.56. The molecule has 0 unspecified atom stereocenters. The van der Waals surface area contributed by atoms with E-state index in [0.717, 1.165) is 34.1 Å². The number of fused-ring (bicyclic) bond motifs is 4. The van der Waals surface area contributed by atoms with Crippen LogP contribution in [0.1, 0.15) is 63.1 Å². The summed E-state index contributed by atoms with van der Waals surface area (Å²) in [5, 5.41) is 14.4. The Morgan fingerprint density at radius 2 is 1.81 bits per heavy atom. The van der Waals surface area contributed by atoms with Gasteiger partial charge in [0, 0.05) is 49.8 Å². The van der Waals surface area contributed by atoms with Crippen molar-refractivity contribution < 1.29 is 14.4 Å². The second kappa shape index (κ2) is 11.3. The Hall–Kier alpha value is -4.08. The minimum atomic E-state index is -0.590. The Morgan fingerprint density at radius 3 is 2.60 bits per heavy atom. The highest BCUT2D eigenvalue weighted by molar-refractivity contribution is 5.92. The molecule has 3 aromatic rings. The molecule has 3 N–H and O–H groups in total. The number of carbonyl (C=O) groups is 3. The molecule has 5 amide bonds.